The Balaban J connectivity index is 0.000000250. The Morgan fingerprint density at radius 1 is 1.80 bits per heavy atom. The minimum atomic E-state index is 0. The first-order chi connectivity index (χ1) is 2.50. The predicted octanol–water partition coefficient (Wildman–Crippen LogP) is 1.19. The van der Waals surface area contributed by atoms with Crippen molar-refractivity contribution in [3.05, 3.63) is 24.7 Å². The van der Waals surface area contributed by atoms with Gasteiger partial charge in [0.25, 0.3) is 0 Å². The third kappa shape index (κ3) is 0.293. The molecular formula is C4H4O+. The van der Waals surface area contributed by atoms with Crippen molar-refractivity contribution in [3.63, 3.8) is 0 Å². The molecule has 0 aliphatic rings. The quantitative estimate of drug-likeness (QED) is 0.445. The van der Waals surface area contributed by atoms with Gasteiger partial charge in [0.1, 0.15) is 0 Å². The first-order valence-electron chi connectivity index (χ1n) is 1.40. The lowest BCUT2D eigenvalue weighted by atomic mass is 10.7. The molecule has 25 valence electrons. The monoisotopic (exact) mass is 68.0 g/mol. The highest BCUT2D eigenvalue weighted by atomic mass is 16.3. The smallest absolute Gasteiger partial charge is 0.461 e. The minimum Gasteiger partial charge on any atom is -0.461 e. The van der Waals surface area contributed by atoms with E-state index in [4.69, 9.17) is 0 Å². The summed E-state index contributed by atoms with van der Waals surface area (Å²) in [6, 6.07) is 3.49. The fourth-order valence-corrected chi connectivity index (χ4v) is 0.196. The van der Waals surface area contributed by atoms with Crippen LogP contribution in [0.25, 0.3) is 0 Å². The Morgan fingerprint density at radius 3 is 3.00 bits per heavy atom. The second kappa shape index (κ2) is 0.931. The van der Waals surface area contributed by atoms with Crippen molar-refractivity contribution in [1.29, 1.82) is 0 Å². The second-order valence-corrected chi connectivity index (χ2v) is 0.731. The highest BCUT2D eigenvalue weighted by molar-refractivity contribution is 4.77. The molecule has 0 fully saturated rings. The maximum Gasteiger partial charge on any atom is 1.00 e. The SMILES string of the molecule is [H+].[c]1ccco1. The highest BCUT2D eigenvalue weighted by Crippen LogP contribution is 1.78. The van der Waals surface area contributed by atoms with E-state index >= 15 is 0 Å². The van der Waals surface area contributed by atoms with Crippen LogP contribution in [0.1, 0.15) is 1.43 Å². The summed E-state index contributed by atoms with van der Waals surface area (Å²) >= 11 is 0. The minimum absolute atomic E-state index is 0. The van der Waals surface area contributed by atoms with Crippen molar-refractivity contribution >= 4 is 0 Å². The van der Waals surface area contributed by atoms with Gasteiger partial charge >= 0.3 is 1.43 Å². The molecule has 0 bridgehead atoms. The first kappa shape index (κ1) is 2.51. The van der Waals surface area contributed by atoms with Gasteiger partial charge in [0, 0.05) is 0 Å². The summed E-state index contributed by atoms with van der Waals surface area (Å²) in [4.78, 5) is 0. The average Bonchev–Trinajstić information content (AvgIpc) is 1.76. The van der Waals surface area contributed by atoms with Crippen molar-refractivity contribution < 1.29 is 5.84 Å². The zero-order valence-corrected chi connectivity index (χ0v) is 2.64. The number of hydrogen-bond acceptors (Lipinski definition) is 1. The van der Waals surface area contributed by atoms with Crippen LogP contribution in [0.4, 0.5) is 0 Å². The summed E-state index contributed by atoms with van der Waals surface area (Å²) in [6.45, 7) is 0. The molecule has 1 rings (SSSR count). The van der Waals surface area contributed by atoms with Gasteiger partial charge in [-0.1, -0.05) is 0 Å². The van der Waals surface area contributed by atoms with Gasteiger partial charge in [0.15, 0.2) is 6.26 Å². The van der Waals surface area contributed by atoms with Crippen LogP contribution >= 0.6 is 0 Å². The molecule has 0 saturated heterocycles. The largest absolute Gasteiger partial charge is 1.00 e. The number of furan rings is 1. The summed E-state index contributed by atoms with van der Waals surface area (Å²) in [5.41, 5.74) is 0. The van der Waals surface area contributed by atoms with Crippen molar-refractivity contribution in [2.45, 2.75) is 0 Å². The average molecular weight is 68.1 g/mol. The van der Waals surface area contributed by atoms with E-state index in [9.17, 15) is 0 Å². The van der Waals surface area contributed by atoms with Crippen LogP contribution in [0.2, 0.25) is 0 Å². The molecule has 5 heavy (non-hydrogen) atoms. The Hall–Kier alpha value is -0.720. The van der Waals surface area contributed by atoms with E-state index in [0.717, 1.165) is 0 Å². The van der Waals surface area contributed by atoms with Crippen LogP contribution in [0.5, 0.6) is 0 Å². The second-order valence-electron chi connectivity index (χ2n) is 0.731. The molecule has 0 spiro atoms. The summed E-state index contributed by atoms with van der Waals surface area (Å²) in [5.74, 6) is 0. The number of rotatable bonds is 0. The third-order valence-corrected chi connectivity index (χ3v) is 0.379. The zero-order chi connectivity index (χ0) is 3.54. The van der Waals surface area contributed by atoms with E-state index in [1.807, 2.05) is 0 Å². The first-order valence-corrected chi connectivity index (χ1v) is 1.40. The molecule has 1 radical (unpaired) electrons. The molecule has 1 heterocycles. The molecule has 0 atom stereocenters. The van der Waals surface area contributed by atoms with Crippen molar-refractivity contribution in [1.82, 2.24) is 0 Å². The Labute approximate surface area is 31.7 Å². The summed E-state index contributed by atoms with van der Waals surface area (Å²) in [6.07, 6.45) is 4.06. The maximum absolute atomic E-state index is 4.46. The van der Waals surface area contributed by atoms with Crippen LogP contribution < -0.4 is 0 Å². The van der Waals surface area contributed by atoms with Gasteiger partial charge in [-0.05, 0) is 12.1 Å². The third-order valence-electron chi connectivity index (χ3n) is 0.379. The lowest BCUT2D eigenvalue weighted by molar-refractivity contribution is 0.558. The fraction of sp³-hybridized carbons (Fsp3) is 0. The van der Waals surface area contributed by atoms with Crippen molar-refractivity contribution in [3.8, 4) is 0 Å². The van der Waals surface area contributed by atoms with E-state index < -0.39 is 0 Å². The maximum atomic E-state index is 4.46. The number of hydrogen-bond donors (Lipinski definition) is 0. The molecule has 0 aliphatic heterocycles. The van der Waals surface area contributed by atoms with Gasteiger partial charge in [0.05, 0.1) is 6.26 Å². The molecule has 0 unspecified atom stereocenters. The van der Waals surface area contributed by atoms with Gasteiger partial charge in [-0.15, -0.1) is 0 Å². The lowest BCUT2D eigenvalue weighted by Gasteiger charge is -1.48. The summed E-state index contributed by atoms with van der Waals surface area (Å²) in [5, 5.41) is 0. The van der Waals surface area contributed by atoms with Crippen LogP contribution in [0.15, 0.2) is 22.8 Å². The Bertz CT molecular complexity index is 64.0. The van der Waals surface area contributed by atoms with E-state index in [2.05, 4.69) is 10.7 Å². The summed E-state index contributed by atoms with van der Waals surface area (Å²) in [7, 11) is 0. The molecule has 1 heteroatoms. The molecule has 1 aromatic heterocycles. The van der Waals surface area contributed by atoms with E-state index in [-0.39, 0.29) is 1.43 Å². The molecular weight excluding hydrogens is 64.0 g/mol. The Morgan fingerprint density at radius 2 is 2.80 bits per heavy atom. The lowest BCUT2D eigenvalue weighted by Crippen LogP contribution is -1.19. The molecule has 0 amide bonds. The van der Waals surface area contributed by atoms with Crippen LogP contribution in [-0.2, 0) is 0 Å². The van der Waals surface area contributed by atoms with Crippen LogP contribution in [0.3, 0.4) is 0 Å². The normalized spacial score (nSPS) is 8.00. The van der Waals surface area contributed by atoms with Gasteiger partial charge in [-0.2, -0.15) is 0 Å². The molecule has 0 saturated carbocycles. The molecule has 1 nitrogen and oxygen atoms in total. The zero-order valence-electron chi connectivity index (χ0n) is 3.64. The molecule has 0 N–H and O–H groups in total. The van der Waals surface area contributed by atoms with Gasteiger partial charge in [-0.3, -0.25) is 0 Å². The van der Waals surface area contributed by atoms with Crippen molar-refractivity contribution in [2.75, 3.05) is 0 Å². The molecule has 0 aliphatic carbocycles. The highest BCUT2D eigenvalue weighted by Gasteiger charge is 1.61. The standard InChI is InChI=1S/C4H3O/c1-2-4-5-3-1/h1-3H/p+1. The van der Waals surface area contributed by atoms with Crippen LogP contribution in [0, 0.1) is 6.26 Å². The van der Waals surface area contributed by atoms with Gasteiger partial charge < -0.3 is 4.42 Å². The summed E-state index contributed by atoms with van der Waals surface area (Å²) < 4.78 is 4.46. The van der Waals surface area contributed by atoms with Crippen LogP contribution in [-0.4, -0.2) is 0 Å². The van der Waals surface area contributed by atoms with Gasteiger partial charge in [0.2, 0.25) is 0 Å². The molecule has 0 aromatic carbocycles. The van der Waals surface area contributed by atoms with Gasteiger partial charge in [-0.25, -0.2) is 0 Å². The fourth-order valence-electron chi connectivity index (χ4n) is 0.196. The van der Waals surface area contributed by atoms with E-state index in [1.54, 1.807) is 18.4 Å². The van der Waals surface area contributed by atoms with E-state index in [1.165, 1.54) is 0 Å². The molecule has 1 aromatic rings. The topological polar surface area (TPSA) is 13.1 Å². The van der Waals surface area contributed by atoms with E-state index in [0.29, 0.717) is 0 Å². The van der Waals surface area contributed by atoms with Crippen molar-refractivity contribution in [2.24, 2.45) is 0 Å². The Kier molecular flexibility index (Phi) is 0.468. The predicted molar refractivity (Wildman–Crippen MR) is 18.7 cm³/mol.